The first-order valence-electron chi connectivity index (χ1n) is 7.77. The van der Waals surface area contributed by atoms with Crippen LogP contribution in [0, 0.1) is 5.92 Å². The monoisotopic (exact) mass is 346 g/mol. The number of piperidine rings is 1. The maximum Gasteiger partial charge on any atom is 0.0422 e. The van der Waals surface area contributed by atoms with Gasteiger partial charge in [-0.1, -0.05) is 40.2 Å². The Kier molecular flexibility index (Phi) is 4.51. The molecule has 0 bridgehead atoms. The number of halogens is 1. The Hall–Kier alpha value is -1.06. The summed E-state index contributed by atoms with van der Waals surface area (Å²) in [7, 11) is 2.23. The molecule has 0 amide bonds. The van der Waals surface area contributed by atoms with E-state index in [2.05, 4.69) is 76.5 Å². The van der Waals surface area contributed by atoms with Crippen LogP contribution in [0.5, 0.6) is 0 Å². The number of anilines is 1. The van der Waals surface area contributed by atoms with Gasteiger partial charge in [0.25, 0.3) is 0 Å². The normalized spacial score (nSPS) is 21.4. The molecule has 2 aromatic carbocycles. The summed E-state index contributed by atoms with van der Waals surface area (Å²) in [6.07, 6.45) is 2.64. The van der Waals surface area contributed by atoms with Gasteiger partial charge in [-0.25, -0.2) is 0 Å². The van der Waals surface area contributed by atoms with Gasteiger partial charge in [-0.05, 0) is 56.8 Å². The van der Waals surface area contributed by atoms with Gasteiger partial charge in [0.15, 0.2) is 0 Å². The van der Waals surface area contributed by atoms with E-state index < -0.39 is 0 Å². The fraction of sp³-hybridized carbons (Fsp3) is 0.444. The molecule has 21 heavy (non-hydrogen) atoms. The molecule has 1 N–H and O–H groups in total. The van der Waals surface area contributed by atoms with E-state index in [1.165, 1.54) is 42.4 Å². The number of benzene rings is 2. The van der Waals surface area contributed by atoms with Crippen LogP contribution in [0.1, 0.15) is 19.8 Å². The summed E-state index contributed by atoms with van der Waals surface area (Å²) in [6, 6.07) is 13.4. The molecule has 3 heteroatoms. The highest BCUT2D eigenvalue weighted by Gasteiger charge is 2.23. The van der Waals surface area contributed by atoms with E-state index in [0.29, 0.717) is 6.04 Å². The Morgan fingerprint density at radius 1 is 1.19 bits per heavy atom. The Balaban J connectivity index is 1.83. The largest absolute Gasteiger partial charge is 0.382 e. The molecule has 2 nitrogen and oxygen atoms in total. The minimum absolute atomic E-state index is 0.498. The van der Waals surface area contributed by atoms with Gasteiger partial charge in [0.1, 0.15) is 0 Å². The summed E-state index contributed by atoms with van der Waals surface area (Å²) in [5, 5.41) is 6.32. The summed E-state index contributed by atoms with van der Waals surface area (Å²) < 4.78 is 1.16. The van der Waals surface area contributed by atoms with Crippen LogP contribution in [0.2, 0.25) is 0 Å². The molecule has 3 rings (SSSR count). The van der Waals surface area contributed by atoms with E-state index in [1.807, 2.05) is 0 Å². The number of hydrogen-bond donors (Lipinski definition) is 1. The van der Waals surface area contributed by atoms with Gasteiger partial charge in [0, 0.05) is 28.1 Å². The molecule has 1 fully saturated rings. The molecule has 0 aromatic heterocycles. The van der Waals surface area contributed by atoms with Crippen LogP contribution in [0.3, 0.4) is 0 Å². The fourth-order valence-corrected chi connectivity index (χ4v) is 3.84. The average Bonchev–Trinajstić information content (AvgIpc) is 2.50. The minimum atomic E-state index is 0.498. The van der Waals surface area contributed by atoms with Crippen molar-refractivity contribution in [3.63, 3.8) is 0 Å². The van der Waals surface area contributed by atoms with Gasteiger partial charge in [0.2, 0.25) is 0 Å². The highest BCUT2D eigenvalue weighted by atomic mass is 79.9. The number of hydrogen-bond acceptors (Lipinski definition) is 2. The quantitative estimate of drug-likeness (QED) is 0.862. The zero-order chi connectivity index (χ0) is 14.8. The third-order valence-electron chi connectivity index (χ3n) is 4.62. The first-order chi connectivity index (χ1) is 10.1. The van der Waals surface area contributed by atoms with E-state index in [1.54, 1.807) is 0 Å². The van der Waals surface area contributed by atoms with E-state index >= 15 is 0 Å². The topological polar surface area (TPSA) is 15.3 Å². The van der Waals surface area contributed by atoms with Crippen LogP contribution in [0.4, 0.5) is 5.69 Å². The summed E-state index contributed by atoms with van der Waals surface area (Å²) in [6.45, 7) is 4.76. The van der Waals surface area contributed by atoms with Gasteiger partial charge in [-0.15, -0.1) is 0 Å². The second kappa shape index (κ2) is 6.37. The summed E-state index contributed by atoms with van der Waals surface area (Å²) >= 11 is 3.65. The van der Waals surface area contributed by atoms with Crippen molar-refractivity contribution in [2.24, 2.45) is 5.92 Å². The molecule has 0 aliphatic carbocycles. The van der Waals surface area contributed by atoms with E-state index in [4.69, 9.17) is 0 Å². The second-order valence-electron chi connectivity index (χ2n) is 6.24. The van der Waals surface area contributed by atoms with Crippen LogP contribution < -0.4 is 5.32 Å². The van der Waals surface area contributed by atoms with Crippen LogP contribution >= 0.6 is 15.9 Å². The lowest BCUT2D eigenvalue weighted by molar-refractivity contribution is 0.198. The average molecular weight is 347 g/mol. The molecule has 1 aliphatic heterocycles. The Bertz CT molecular complexity index is 626. The van der Waals surface area contributed by atoms with Crippen LogP contribution in [-0.2, 0) is 0 Å². The first kappa shape index (κ1) is 14.9. The number of rotatable bonds is 3. The molecule has 0 saturated carbocycles. The SMILES string of the molecule is CC(Nc1ccc(Br)c2ccccc12)C1CCCN(C)C1. The minimum Gasteiger partial charge on any atom is -0.382 e. The predicted octanol–water partition coefficient (Wildman–Crippen LogP) is 4.74. The van der Waals surface area contributed by atoms with Crippen molar-refractivity contribution in [2.75, 3.05) is 25.5 Å². The van der Waals surface area contributed by atoms with Crippen LogP contribution in [0.25, 0.3) is 10.8 Å². The molecule has 2 atom stereocenters. The molecule has 0 spiro atoms. The third kappa shape index (κ3) is 3.24. The van der Waals surface area contributed by atoms with Gasteiger partial charge < -0.3 is 10.2 Å². The molecule has 1 aliphatic rings. The molecule has 1 saturated heterocycles. The maximum atomic E-state index is 3.75. The fourth-order valence-electron chi connectivity index (χ4n) is 3.37. The Morgan fingerprint density at radius 3 is 2.71 bits per heavy atom. The van der Waals surface area contributed by atoms with Crippen molar-refractivity contribution >= 4 is 32.4 Å². The number of fused-ring (bicyclic) bond motifs is 1. The third-order valence-corrected chi connectivity index (χ3v) is 5.31. The molecule has 2 aromatic rings. The number of nitrogens with one attached hydrogen (secondary N) is 1. The highest BCUT2D eigenvalue weighted by molar-refractivity contribution is 9.10. The molecule has 1 heterocycles. The smallest absolute Gasteiger partial charge is 0.0422 e. The summed E-state index contributed by atoms with van der Waals surface area (Å²) in [5.74, 6) is 0.728. The number of likely N-dealkylation sites (tertiary alicyclic amines) is 1. The van der Waals surface area contributed by atoms with Crippen molar-refractivity contribution in [3.05, 3.63) is 40.9 Å². The standard InChI is InChI=1S/C18H23BrN2/c1-13(14-6-5-11-21(2)12-14)20-18-10-9-17(19)15-7-3-4-8-16(15)18/h3-4,7-10,13-14,20H,5-6,11-12H2,1-2H3. The molecular formula is C18H23BrN2. The van der Waals surface area contributed by atoms with Crippen molar-refractivity contribution in [3.8, 4) is 0 Å². The molecule has 0 radical (unpaired) electrons. The van der Waals surface area contributed by atoms with Crippen molar-refractivity contribution < 1.29 is 0 Å². The first-order valence-corrected chi connectivity index (χ1v) is 8.57. The zero-order valence-electron chi connectivity index (χ0n) is 12.8. The van der Waals surface area contributed by atoms with Crippen molar-refractivity contribution in [1.29, 1.82) is 0 Å². The van der Waals surface area contributed by atoms with Gasteiger partial charge in [-0.2, -0.15) is 0 Å². The molecule has 2 unspecified atom stereocenters. The lowest BCUT2D eigenvalue weighted by Crippen LogP contribution is -2.39. The second-order valence-corrected chi connectivity index (χ2v) is 7.09. The number of nitrogens with zero attached hydrogens (tertiary/aromatic N) is 1. The predicted molar refractivity (Wildman–Crippen MR) is 95.0 cm³/mol. The maximum absolute atomic E-state index is 3.75. The van der Waals surface area contributed by atoms with Gasteiger partial charge in [-0.3, -0.25) is 0 Å². The van der Waals surface area contributed by atoms with E-state index in [-0.39, 0.29) is 0 Å². The van der Waals surface area contributed by atoms with Crippen molar-refractivity contribution in [1.82, 2.24) is 4.90 Å². The molecule has 112 valence electrons. The lowest BCUT2D eigenvalue weighted by atomic mass is 9.91. The van der Waals surface area contributed by atoms with E-state index in [0.717, 1.165) is 10.4 Å². The van der Waals surface area contributed by atoms with E-state index in [9.17, 15) is 0 Å². The summed E-state index contributed by atoms with van der Waals surface area (Å²) in [4.78, 5) is 2.45. The van der Waals surface area contributed by atoms with Crippen LogP contribution in [0.15, 0.2) is 40.9 Å². The highest BCUT2D eigenvalue weighted by Crippen LogP contribution is 2.31. The van der Waals surface area contributed by atoms with Crippen LogP contribution in [-0.4, -0.2) is 31.1 Å². The van der Waals surface area contributed by atoms with Gasteiger partial charge >= 0.3 is 0 Å². The lowest BCUT2D eigenvalue weighted by Gasteiger charge is -2.34. The summed E-state index contributed by atoms with van der Waals surface area (Å²) in [5.41, 5.74) is 1.24. The Labute approximate surface area is 135 Å². The Morgan fingerprint density at radius 2 is 1.95 bits per heavy atom. The zero-order valence-corrected chi connectivity index (χ0v) is 14.4. The van der Waals surface area contributed by atoms with Gasteiger partial charge in [0.05, 0.1) is 0 Å². The van der Waals surface area contributed by atoms with Crippen molar-refractivity contribution in [2.45, 2.75) is 25.8 Å². The molecular weight excluding hydrogens is 324 g/mol.